The lowest BCUT2D eigenvalue weighted by Crippen LogP contribution is -2.32. The summed E-state index contributed by atoms with van der Waals surface area (Å²) >= 11 is 1.15. The number of ether oxygens (including phenoxy) is 1. The average molecular weight is 432 g/mol. The first kappa shape index (κ1) is 22.3. The number of benzene rings is 1. The zero-order valence-electron chi connectivity index (χ0n) is 17.1. The van der Waals surface area contributed by atoms with Gasteiger partial charge in [-0.1, -0.05) is 42.4 Å². The molecule has 1 fully saturated rings. The number of hydrogen-bond acceptors (Lipinski definition) is 7. The van der Waals surface area contributed by atoms with Crippen LogP contribution in [0.2, 0.25) is 0 Å². The van der Waals surface area contributed by atoms with E-state index in [9.17, 15) is 9.59 Å². The van der Waals surface area contributed by atoms with Crippen LogP contribution in [0.1, 0.15) is 46.9 Å². The molecule has 0 radical (unpaired) electrons. The van der Waals surface area contributed by atoms with Crippen LogP contribution in [-0.4, -0.2) is 59.7 Å². The van der Waals surface area contributed by atoms with Gasteiger partial charge >= 0.3 is 0 Å². The average Bonchev–Trinajstić information content (AvgIpc) is 3.07. The van der Waals surface area contributed by atoms with Crippen molar-refractivity contribution >= 4 is 28.8 Å². The molecule has 9 heteroatoms. The molecular weight excluding hydrogens is 402 g/mol. The number of likely N-dealkylation sites (tertiary alicyclic amines) is 1. The molecule has 0 atom stereocenters. The molecule has 0 spiro atoms. The van der Waals surface area contributed by atoms with Crippen molar-refractivity contribution in [1.29, 1.82) is 0 Å². The van der Waals surface area contributed by atoms with Crippen LogP contribution >= 0.6 is 11.3 Å². The fourth-order valence-electron chi connectivity index (χ4n) is 3.28. The highest BCUT2D eigenvalue weighted by molar-refractivity contribution is 7.13. The van der Waals surface area contributed by atoms with Crippen LogP contribution in [-0.2, 0) is 16.1 Å². The summed E-state index contributed by atoms with van der Waals surface area (Å²) < 4.78 is 5.41. The van der Waals surface area contributed by atoms with Gasteiger partial charge in [0.1, 0.15) is 18.2 Å². The standard InChI is InChI=1S/C21H29N5O3S/c27-18(22-11-8-14-26-12-6-1-2-7-13-26)15-29-16-19-24-25-21(30-19)20(28)23-17-9-4-3-5-10-17/h3-5,9-10H,1-2,6-8,11-16H2,(H,22,27)(H,23,28). The van der Waals surface area contributed by atoms with Crippen molar-refractivity contribution in [2.24, 2.45) is 0 Å². The van der Waals surface area contributed by atoms with E-state index in [0.29, 0.717) is 17.2 Å². The molecule has 1 aliphatic heterocycles. The molecule has 0 unspecified atom stereocenters. The zero-order valence-corrected chi connectivity index (χ0v) is 18.0. The smallest absolute Gasteiger partial charge is 0.286 e. The van der Waals surface area contributed by atoms with E-state index in [2.05, 4.69) is 25.7 Å². The summed E-state index contributed by atoms with van der Waals surface area (Å²) in [6, 6.07) is 9.16. The number of rotatable bonds is 10. The van der Waals surface area contributed by atoms with E-state index in [0.717, 1.165) is 24.3 Å². The SMILES string of the molecule is O=C(COCc1nnc(C(=O)Nc2ccccc2)s1)NCCCN1CCCCCC1. The van der Waals surface area contributed by atoms with E-state index in [4.69, 9.17) is 4.74 Å². The minimum absolute atomic E-state index is 0.0329. The van der Waals surface area contributed by atoms with Gasteiger partial charge in [-0.15, -0.1) is 10.2 Å². The van der Waals surface area contributed by atoms with Gasteiger partial charge in [0.05, 0.1) is 0 Å². The molecular formula is C21H29N5O3S. The number of nitrogens with one attached hydrogen (secondary N) is 2. The Bertz CT molecular complexity index is 791. The number of anilines is 1. The highest BCUT2D eigenvalue weighted by Gasteiger charge is 2.14. The van der Waals surface area contributed by atoms with Crippen LogP contribution in [0.15, 0.2) is 30.3 Å². The van der Waals surface area contributed by atoms with Crippen LogP contribution in [0.4, 0.5) is 5.69 Å². The number of aromatic nitrogens is 2. The Morgan fingerprint density at radius 1 is 1.07 bits per heavy atom. The van der Waals surface area contributed by atoms with Gasteiger partial charge in [0, 0.05) is 12.2 Å². The summed E-state index contributed by atoms with van der Waals surface area (Å²) in [6.45, 7) is 4.14. The third-order valence-corrected chi connectivity index (χ3v) is 5.72. The van der Waals surface area contributed by atoms with Gasteiger partial charge in [-0.2, -0.15) is 0 Å². The molecule has 1 saturated heterocycles. The summed E-state index contributed by atoms with van der Waals surface area (Å²) in [7, 11) is 0. The fraction of sp³-hybridized carbons (Fsp3) is 0.524. The van der Waals surface area contributed by atoms with Gasteiger partial charge in [0.2, 0.25) is 10.9 Å². The summed E-state index contributed by atoms with van der Waals surface area (Å²) in [5.41, 5.74) is 0.697. The molecule has 1 aromatic carbocycles. The van der Waals surface area contributed by atoms with Crippen molar-refractivity contribution in [3.63, 3.8) is 0 Å². The Morgan fingerprint density at radius 2 is 1.83 bits per heavy atom. The van der Waals surface area contributed by atoms with Crippen molar-refractivity contribution in [3.05, 3.63) is 40.3 Å². The predicted octanol–water partition coefficient (Wildman–Crippen LogP) is 2.69. The summed E-state index contributed by atoms with van der Waals surface area (Å²) in [4.78, 5) is 26.6. The van der Waals surface area contributed by atoms with E-state index >= 15 is 0 Å². The Labute approximate surface area is 181 Å². The molecule has 0 aliphatic carbocycles. The lowest BCUT2D eigenvalue weighted by molar-refractivity contribution is -0.126. The van der Waals surface area contributed by atoms with Crippen molar-refractivity contribution in [1.82, 2.24) is 20.4 Å². The number of carbonyl (C=O) groups excluding carboxylic acids is 2. The van der Waals surface area contributed by atoms with Crippen LogP contribution < -0.4 is 10.6 Å². The Balaban J connectivity index is 1.28. The van der Waals surface area contributed by atoms with Crippen LogP contribution in [0.25, 0.3) is 0 Å². The number of amides is 2. The topological polar surface area (TPSA) is 96.5 Å². The monoisotopic (exact) mass is 431 g/mol. The first-order chi connectivity index (χ1) is 14.7. The van der Waals surface area contributed by atoms with Gasteiger partial charge < -0.3 is 20.3 Å². The Kier molecular flexibility index (Phi) is 9.20. The Hall–Kier alpha value is -2.36. The normalized spacial score (nSPS) is 14.8. The van der Waals surface area contributed by atoms with Gasteiger partial charge in [0.25, 0.3) is 5.91 Å². The third kappa shape index (κ3) is 7.81. The van der Waals surface area contributed by atoms with Gasteiger partial charge in [-0.25, -0.2) is 0 Å². The maximum atomic E-state index is 12.2. The van der Waals surface area contributed by atoms with Gasteiger partial charge in [-0.3, -0.25) is 9.59 Å². The maximum Gasteiger partial charge on any atom is 0.286 e. The van der Waals surface area contributed by atoms with E-state index in [1.54, 1.807) is 12.1 Å². The highest BCUT2D eigenvalue weighted by atomic mass is 32.1. The lowest BCUT2D eigenvalue weighted by atomic mass is 10.2. The largest absolute Gasteiger partial charge is 0.364 e. The van der Waals surface area contributed by atoms with E-state index < -0.39 is 0 Å². The van der Waals surface area contributed by atoms with Crippen molar-refractivity contribution in [2.45, 2.75) is 38.7 Å². The van der Waals surface area contributed by atoms with Crippen LogP contribution in [0, 0.1) is 0 Å². The molecule has 3 rings (SSSR count). The fourth-order valence-corrected chi connectivity index (χ4v) is 3.95. The minimum atomic E-state index is -0.313. The summed E-state index contributed by atoms with van der Waals surface area (Å²) in [5, 5.41) is 14.3. The molecule has 0 saturated carbocycles. The summed E-state index contributed by atoms with van der Waals surface area (Å²) in [5.74, 6) is -0.454. The second-order valence-corrected chi connectivity index (χ2v) is 8.34. The van der Waals surface area contributed by atoms with Crippen LogP contribution in [0.3, 0.4) is 0 Å². The molecule has 2 aromatic rings. The quantitative estimate of drug-likeness (QED) is 0.562. The lowest BCUT2D eigenvalue weighted by Gasteiger charge is -2.19. The van der Waals surface area contributed by atoms with E-state index in [1.165, 1.54) is 38.8 Å². The molecule has 0 bridgehead atoms. The number of nitrogens with zero attached hydrogens (tertiary/aromatic N) is 3. The number of hydrogen-bond donors (Lipinski definition) is 2. The van der Waals surface area contributed by atoms with Crippen molar-refractivity contribution in [2.75, 3.05) is 38.1 Å². The van der Waals surface area contributed by atoms with Crippen molar-refractivity contribution in [3.8, 4) is 0 Å². The molecule has 8 nitrogen and oxygen atoms in total. The molecule has 2 amide bonds. The number of para-hydroxylation sites is 1. The molecule has 30 heavy (non-hydrogen) atoms. The van der Waals surface area contributed by atoms with Gasteiger partial charge in [0.15, 0.2) is 0 Å². The maximum absolute atomic E-state index is 12.2. The molecule has 1 aliphatic rings. The second kappa shape index (κ2) is 12.4. The van der Waals surface area contributed by atoms with Crippen LogP contribution in [0.5, 0.6) is 0 Å². The second-order valence-electron chi connectivity index (χ2n) is 7.27. The zero-order chi connectivity index (χ0) is 21.0. The highest BCUT2D eigenvalue weighted by Crippen LogP contribution is 2.14. The van der Waals surface area contributed by atoms with Gasteiger partial charge in [-0.05, 0) is 51.0 Å². The number of carbonyl (C=O) groups is 2. The van der Waals surface area contributed by atoms with E-state index in [-0.39, 0.29) is 30.0 Å². The third-order valence-electron chi connectivity index (χ3n) is 4.82. The summed E-state index contributed by atoms with van der Waals surface area (Å²) in [6.07, 6.45) is 6.17. The molecule has 1 aromatic heterocycles. The van der Waals surface area contributed by atoms with E-state index in [1.807, 2.05) is 18.2 Å². The first-order valence-electron chi connectivity index (χ1n) is 10.5. The molecule has 2 heterocycles. The predicted molar refractivity (Wildman–Crippen MR) is 116 cm³/mol. The first-order valence-corrected chi connectivity index (χ1v) is 11.3. The Morgan fingerprint density at radius 3 is 2.60 bits per heavy atom. The minimum Gasteiger partial charge on any atom is -0.364 e. The molecule has 2 N–H and O–H groups in total. The molecule has 162 valence electrons. The van der Waals surface area contributed by atoms with Crippen molar-refractivity contribution < 1.29 is 14.3 Å².